The van der Waals surface area contributed by atoms with Crippen LogP contribution in [0.4, 0.5) is 4.79 Å². The van der Waals surface area contributed by atoms with Crippen LogP contribution in [-0.2, 0) is 14.9 Å². The van der Waals surface area contributed by atoms with Gasteiger partial charge in [-0.25, -0.2) is 4.79 Å². The number of ether oxygens (including phenoxy) is 1. The predicted molar refractivity (Wildman–Crippen MR) is 127 cm³/mol. The minimum Gasteiger partial charge on any atom is -0.481 e. The Bertz CT molecular complexity index is 1150. The van der Waals surface area contributed by atoms with Crippen molar-refractivity contribution in [2.45, 2.75) is 24.2 Å². The number of carboxylic acid groups (broad SMARTS) is 1. The van der Waals surface area contributed by atoms with Crippen LogP contribution >= 0.6 is 11.6 Å². The van der Waals surface area contributed by atoms with Crippen molar-refractivity contribution in [2.75, 3.05) is 19.7 Å². The Balaban J connectivity index is 1.27. The van der Waals surface area contributed by atoms with Gasteiger partial charge in [-0.2, -0.15) is 0 Å². The highest BCUT2D eigenvalue weighted by molar-refractivity contribution is 6.30. The van der Waals surface area contributed by atoms with E-state index < -0.39 is 17.5 Å². The zero-order chi connectivity index (χ0) is 23.0. The Morgan fingerprint density at radius 3 is 2.00 bits per heavy atom. The Labute approximate surface area is 197 Å². The molecular formula is C27H24ClNO4. The van der Waals surface area contributed by atoms with Crippen LogP contribution in [0.25, 0.3) is 11.1 Å². The van der Waals surface area contributed by atoms with Gasteiger partial charge in [0.15, 0.2) is 0 Å². The molecule has 168 valence electrons. The largest absolute Gasteiger partial charge is 0.481 e. The highest BCUT2D eigenvalue weighted by Gasteiger charge is 2.44. The number of piperidine rings is 1. The first-order valence-corrected chi connectivity index (χ1v) is 11.5. The monoisotopic (exact) mass is 461 g/mol. The molecular weight excluding hydrogens is 438 g/mol. The molecule has 6 heteroatoms. The zero-order valence-corrected chi connectivity index (χ0v) is 18.8. The number of benzene rings is 3. The Kier molecular flexibility index (Phi) is 5.59. The average molecular weight is 462 g/mol. The van der Waals surface area contributed by atoms with Gasteiger partial charge in [0.25, 0.3) is 0 Å². The third-order valence-corrected chi connectivity index (χ3v) is 7.27. The van der Waals surface area contributed by atoms with Gasteiger partial charge in [-0.1, -0.05) is 72.3 Å². The van der Waals surface area contributed by atoms with E-state index in [0.29, 0.717) is 36.5 Å². The number of aliphatic carboxylic acids is 1. The molecule has 1 saturated heterocycles. The van der Waals surface area contributed by atoms with Crippen LogP contribution < -0.4 is 0 Å². The Morgan fingerprint density at radius 1 is 0.909 bits per heavy atom. The molecule has 0 aromatic heterocycles. The number of likely N-dealkylation sites (tertiary alicyclic amines) is 1. The van der Waals surface area contributed by atoms with Crippen LogP contribution in [0.1, 0.15) is 35.4 Å². The lowest BCUT2D eigenvalue weighted by Gasteiger charge is -2.38. The molecule has 1 fully saturated rings. The van der Waals surface area contributed by atoms with Gasteiger partial charge in [0.1, 0.15) is 6.61 Å². The van der Waals surface area contributed by atoms with E-state index in [-0.39, 0.29) is 12.5 Å². The van der Waals surface area contributed by atoms with Crippen molar-refractivity contribution in [3.63, 3.8) is 0 Å². The van der Waals surface area contributed by atoms with Crippen LogP contribution in [0.15, 0.2) is 72.8 Å². The van der Waals surface area contributed by atoms with Crippen LogP contribution in [0, 0.1) is 0 Å². The van der Waals surface area contributed by atoms with Crippen LogP contribution in [0.2, 0.25) is 5.02 Å². The second-order valence-corrected chi connectivity index (χ2v) is 9.12. The number of fused-ring (bicyclic) bond motifs is 3. The number of rotatable bonds is 4. The third-order valence-electron chi connectivity index (χ3n) is 7.02. The second kappa shape index (κ2) is 8.56. The van der Waals surface area contributed by atoms with Gasteiger partial charge >= 0.3 is 12.1 Å². The number of halogens is 1. The maximum atomic E-state index is 12.9. The van der Waals surface area contributed by atoms with Gasteiger partial charge in [-0.15, -0.1) is 0 Å². The molecule has 5 rings (SSSR count). The van der Waals surface area contributed by atoms with Crippen molar-refractivity contribution >= 4 is 23.7 Å². The minimum atomic E-state index is -1.02. The summed E-state index contributed by atoms with van der Waals surface area (Å²) in [5, 5.41) is 10.6. The number of carbonyl (C=O) groups is 2. The van der Waals surface area contributed by atoms with Crippen molar-refractivity contribution in [3.8, 4) is 11.1 Å². The van der Waals surface area contributed by atoms with Crippen molar-refractivity contribution in [1.82, 2.24) is 4.90 Å². The molecule has 0 saturated carbocycles. The first-order valence-electron chi connectivity index (χ1n) is 11.1. The molecule has 3 aromatic rings. The zero-order valence-electron chi connectivity index (χ0n) is 18.0. The maximum Gasteiger partial charge on any atom is 0.409 e. The maximum absolute atomic E-state index is 12.9. The highest BCUT2D eigenvalue weighted by atomic mass is 35.5. The molecule has 0 atom stereocenters. The fourth-order valence-electron chi connectivity index (χ4n) is 5.15. The van der Waals surface area contributed by atoms with E-state index in [1.54, 1.807) is 29.2 Å². The van der Waals surface area contributed by atoms with E-state index in [1.807, 2.05) is 24.3 Å². The molecule has 0 unspecified atom stereocenters. The summed E-state index contributed by atoms with van der Waals surface area (Å²) >= 11 is 5.98. The summed E-state index contributed by atoms with van der Waals surface area (Å²) in [5.41, 5.74) is 4.38. The summed E-state index contributed by atoms with van der Waals surface area (Å²) in [6.07, 6.45) is 0.259. The SMILES string of the molecule is O=C(OCC1c2ccccc2-c2ccccc21)N1CCC(C(=O)O)(c2ccc(Cl)cc2)CC1. The third kappa shape index (κ3) is 3.76. The summed E-state index contributed by atoms with van der Waals surface area (Å²) in [4.78, 5) is 26.7. The molecule has 33 heavy (non-hydrogen) atoms. The quantitative estimate of drug-likeness (QED) is 0.540. The number of nitrogens with zero attached hydrogens (tertiary/aromatic N) is 1. The van der Waals surface area contributed by atoms with E-state index >= 15 is 0 Å². The Hall–Kier alpha value is -3.31. The van der Waals surface area contributed by atoms with E-state index in [4.69, 9.17) is 16.3 Å². The number of hydrogen-bond donors (Lipinski definition) is 1. The molecule has 5 nitrogen and oxygen atoms in total. The fraction of sp³-hybridized carbons (Fsp3) is 0.259. The standard InChI is InChI=1S/C27H24ClNO4/c28-19-11-9-18(10-12-19)27(25(30)31)13-15-29(16-14-27)26(32)33-17-24-22-7-3-1-5-20(22)21-6-2-4-8-23(21)24/h1-12,24H,13-17H2,(H,30,31). The second-order valence-electron chi connectivity index (χ2n) is 8.69. The molecule has 0 spiro atoms. The average Bonchev–Trinajstić information content (AvgIpc) is 3.16. The summed E-state index contributed by atoms with van der Waals surface area (Å²) in [5.74, 6) is -0.879. The smallest absolute Gasteiger partial charge is 0.409 e. The van der Waals surface area contributed by atoms with Crippen molar-refractivity contribution in [3.05, 3.63) is 94.5 Å². The van der Waals surface area contributed by atoms with Gasteiger partial charge in [0.2, 0.25) is 0 Å². The number of carboxylic acids is 1. The molecule has 1 heterocycles. The molecule has 3 aromatic carbocycles. The summed E-state index contributed by atoms with van der Waals surface area (Å²) in [6.45, 7) is 0.905. The molecule has 1 N–H and O–H groups in total. The van der Waals surface area contributed by atoms with Gasteiger partial charge in [0, 0.05) is 24.0 Å². The lowest BCUT2D eigenvalue weighted by atomic mass is 9.73. The molecule has 0 bridgehead atoms. The normalized spacial score (nSPS) is 16.7. The van der Waals surface area contributed by atoms with Gasteiger partial charge in [0.05, 0.1) is 5.41 Å². The first-order chi connectivity index (χ1) is 16.0. The molecule has 2 aliphatic rings. The lowest BCUT2D eigenvalue weighted by Crippen LogP contribution is -2.49. The molecule has 1 aliphatic carbocycles. The van der Waals surface area contributed by atoms with Gasteiger partial charge < -0.3 is 14.7 Å². The van der Waals surface area contributed by atoms with Crippen LogP contribution in [0.3, 0.4) is 0 Å². The number of hydrogen-bond acceptors (Lipinski definition) is 3. The first kappa shape index (κ1) is 21.5. The molecule has 1 aliphatic heterocycles. The predicted octanol–water partition coefficient (Wildman–Crippen LogP) is 5.71. The Morgan fingerprint density at radius 2 is 1.45 bits per heavy atom. The summed E-state index contributed by atoms with van der Waals surface area (Å²) in [7, 11) is 0. The number of carbonyl (C=O) groups excluding carboxylic acids is 1. The van der Waals surface area contributed by atoms with E-state index in [9.17, 15) is 14.7 Å². The van der Waals surface area contributed by atoms with E-state index in [0.717, 1.165) is 11.1 Å². The highest BCUT2D eigenvalue weighted by Crippen LogP contribution is 2.44. The van der Waals surface area contributed by atoms with E-state index in [1.165, 1.54) is 11.1 Å². The van der Waals surface area contributed by atoms with Crippen molar-refractivity contribution in [2.24, 2.45) is 0 Å². The molecule has 1 amide bonds. The topological polar surface area (TPSA) is 66.8 Å². The van der Waals surface area contributed by atoms with Crippen molar-refractivity contribution in [1.29, 1.82) is 0 Å². The van der Waals surface area contributed by atoms with E-state index in [2.05, 4.69) is 24.3 Å². The summed E-state index contributed by atoms with van der Waals surface area (Å²) < 4.78 is 5.75. The van der Waals surface area contributed by atoms with Gasteiger partial charge in [-0.05, 0) is 52.8 Å². The summed E-state index contributed by atoms with van der Waals surface area (Å²) in [6, 6.07) is 23.4. The lowest BCUT2D eigenvalue weighted by molar-refractivity contribution is -0.145. The minimum absolute atomic E-state index is 0.00156. The van der Waals surface area contributed by atoms with Crippen LogP contribution in [0.5, 0.6) is 0 Å². The number of amides is 1. The van der Waals surface area contributed by atoms with Gasteiger partial charge in [-0.3, -0.25) is 4.79 Å². The van der Waals surface area contributed by atoms with Crippen molar-refractivity contribution < 1.29 is 19.4 Å². The molecule has 0 radical (unpaired) electrons. The fourth-order valence-corrected chi connectivity index (χ4v) is 5.28. The van der Waals surface area contributed by atoms with Crippen LogP contribution in [-0.4, -0.2) is 41.8 Å².